The molecule has 2 amide bonds. The van der Waals surface area contributed by atoms with Gasteiger partial charge in [-0.05, 0) is 31.6 Å². The largest absolute Gasteiger partial charge is 0.433 e. The molecule has 3 aliphatic rings. The van der Waals surface area contributed by atoms with E-state index in [1.54, 1.807) is 0 Å². The molecule has 1 unspecified atom stereocenters. The highest BCUT2D eigenvalue weighted by molar-refractivity contribution is 6.22. The van der Waals surface area contributed by atoms with Crippen molar-refractivity contribution in [1.29, 1.82) is 0 Å². The summed E-state index contributed by atoms with van der Waals surface area (Å²) in [4.78, 5) is 35.6. The molecule has 1 saturated carbocycles. The molecule has 32 heavy (non-hydrogen) atoms. The van der Waals surface area contributed by atoms with Gasteiger partial charge in [0.1, 0.15) is 12.0 Å². The van der Waals surface area contributed by atoms with Crippen molar-refractivity contribution in [1.82, 2.24) is 19.8 Å². The average Bonchev–Trinajstić information content (AvgIpc) is 3.53. The lowest BCUT2D eigenvalue weighted by Gasteiger charge is -2.32. The van der Waals surface area contributed by atoms with Gasteiger partial charge < -0.3 is 9.80 Å². The minimum absolute atomic E-state index is 0.0146. The molecule has 4 rings (SSSR count). The van der Waals surface area contributed by atoms with Gasteiger partial charge in [-0.25, -0.2) is 14.4 Å². The van der Waals surface area contributed by atoms with Crippen LogP contribution in [0.3, 0.4) is 0 Å². The highest BCUT2D eigenvalue weighted by Crippen LogP contribution is 2.36. The summed E-state index contributed by atoms with van der Waals surface area (Å²) in [6.07, 6.45) is -3.10. The number of halogens is 5. The summed E-state index contributed by atoms with van der Waals surface area (Å²) in [7, 11) is 0. The van der Waals surface area contributed by atoms with Crippen LogP contribution in [-0.2, 0) is 35.2 Å². The van der Waals surface area contributed by atoms with Crippen LogP contribution < -0.4 is 0 Å². The molecule has 0 bridgehead atoms. The first-order valence-corrected chi connectivity index (χ1v) is 11.3. The molecule has 1 aliphatic carbocycles. The third-order valence-electron chi connectivity index (χ3n) is 6.16. The number of piperidine rings is 1. The first kappa shape index (κ1) is 23.2. The van der Waals surface area contributed by atoms with Gasteiger partial charge in [-0.2, -0.15) is 13.2 Å². The van der Waals surface area contributed by atoms with Gasteiger partial charge in [0.05, 0.1) is 24.2 Å². The average molecular weight is 477 g/mol. The van der Waals surface area contributed by atoms with Crippen molar-refractivity contribution in [3.63, 3.8) is 0 Å². The number of likely N-dealkylation sites (tertiary alicyclic amines) is 1. The van der Waals surface area contributed by atoms with Crippen molar-refractivity contribution in [2.24, 2.45) is 5.92 Å². The fourth-order valence-electron chi connectivity index (χ4n) is 4.27. The minimum atomic E-state index is -4.58. The first-order valence-electron chi connectivity index (χ1n) is 10.9. The molecule has 0 spiro atoms. The molecule has 2 atom stereocenters. The molecule has 1 saturated heterocycles. The summed E-state index contributed by atoms with van der Waals surface area (Å²) in [6, 6.07) is 0. The first-order chi connectivity index (χ1) is 15.1. The molecule has 2 aliphatic heterocycles. The van der Waals surface area contributed by atoms with Crippen molar-refractivity contribution in [3.05, 3.63) is 22.8 Å². The van der Waals surface area contributed by atoms with Crippen LogP contribution in [0.1, 0.15) is 54.9 Å². The highest BCUT2D eigenvalue weighted by atomic mass is 35.5. The van der Waals surface area contributed by atoms with E-state index in [0.717, 1.165) is 12.8 Å². The molecular weight excluding hydrogens is 452 g/mol. The lowest BCUT2D eigenvalue weighted by atomic mass is 10.0. The van der Waals surface area contributed by atoms with Gasteiger partial charge in [0.25, 0.3) is 0 Å². The highest BCUT2D eigenvalue weighted by Gasteiger charge is 2.40. The second kappa shape index (κ2) is 9.11. The van der Waals surface area contributed by atoms with Crippen LogP contribution >= 0.6 is 11.6 Å². The molecule has 0 N–H and O–H groups in total. The number of carbonyl (C=O) groups is 2. The molecule has 176 valence electrons. The van der Waals surface area contributed by atoms with E-state index >= 15 is 0 Å². The van der Waals surface area contributed by atoms with Crippen molar-refractivity contribution >= 4 is 23.4 Å². The Bertz CT molecular complexity index is 893. The van der Waals surface area contributed by atoms with Gasteiger partial charge in [0.2, 0.25) is 11.8 Å². The van der Waals surface area contributed by atoms with E-state index in [9.17, 15) is 27.2 Å². The summed E-state index contributed by atoms with van der Waals surface area (Å²) in [6.45, 7) is 0.104. The smallest absolute Gasteiger partial charge is 0.338 e. The van der Waals surface area contributed by atoms with Gasteiger partial charge in [-0.15, -0.1) is 11.6 Å². The zero-order valence-corrected chi connectivity index (χ0v) is 18.3. The maximum atomic E-state index is 13.6. The zero-order valence-electron chi connectivity index (χ0n) is 17.5. The number of aromatic nitrogens is 2. The van der Waals surface area contributed by atoms with Crippen LogP contribution in [-0.4, -0.2) is 62.8 Å². The summed E-state index contributed by atoms with van der Waals surface area (Å²) in [5.41, 5.74) is -0.610. The molecule has 2 fully saturated rings. The maximum Gasteiger partial charge on any atom is 0.433 e. The summed E-state index contributed by atoms with van der Waals surface area (Å²) >= 11 is 6.28. The monoisotopic (exact) mass is 476 g/mol. The minimum Gasteiger partial charge on any atom is -0.338 e. The number of nitrogens with zero attached hydrogens (tertiary/aromatic N) is 4. The van der Waals surface area contributed by atoms with Crippen LogP contribution in [0.4, 0.5) is 17.6 Å². The zero-order chi connectivity index (χ0) is 23.0. The second-order valence-electron chi connectivity index (χ2n) is 8.86. The number of amides is 2. The van der Waals surface area contributed by atoms with Gasteiger partial charge in [-0.3, -0.25) is 9.59 Å². The van der Waals surface area contributed by atoms with Crippen LogP contribution in [0.2, 0.25) is 0 Å². The summed E-state index contributed by atoms with van der Waals surface area (Å²) in [5.74, 6) is -0.0161. The van der Waals surface area contributed by atoms with Gasteiger partial charge in [0.15, 0.2) is 5.69 Å². The van der Waals surface area contributed by atoms with Crippen LogP contribution in [0.5, 0.6) is 0 Å². The Morgan fingerprint density at radius 2 is 1.94 bits per heavy atom. The van der Waals surface area contributed by atoms with Crippen molar-refractivity contribution in [3.8, 4) is 0 Å². The van der Waals surface area contributed by atoms with Crippen molar-refractivity contribution in [2.45, 2.75) is 69.2 Å². The summed E-state index contributed by atoms with van der Waals surface area (Å²) in [5, 5.41) is -0.709. The van der Waals surface area contributed by atoms with E-state index in [2.05, 4.69) is 9.97 Å². The van der Waals surface area contributed by atoms with E-state index in [1.165, 1.54) is 9.80 Å². The molecule has 11 heteroatoms. The Morgan fingerprint density at radius 1 is 1.19 bits per heavy atom. The van der Waals surface area contributed by atoms with Crippen LogP contribution in [0.15, 0.2) is 0 Å². The normalized spacial score (nSPS) is 22.7. The topological polar surface area (TPSA) is 66.4 Å². The molecule has 0 radical (unpaired) electrons. The van der Waals surface area contributed by atoms with Crippen molar-refractivity contribution < 1.29 is 27.2 Å². The van der Waals surface area contributed by atoms with Crippen LogP contribution in [0, 0.1) is 5.92 Å². The Balaban J connectivity index is 1.42. The lowest BCUT2D eigenvalue weighted by Crippen LogP contribution is -2.45. The fraction of sp³-hybridized carbons (Fsp3) is 0.714. The third kappa shape index (κ3) is 5.50. The predicted octanol–water partition coefficient (Wildman–Crippen LogP) is 3.29. The molecule has 1 aromatic rings. The molecule has 6 nitrogen and oxygen atoms in total. The number of hydrogen-bond acceptors (Lipinski definition) is 4. The van der Waals surface area contributed by atoms with Gasteiger partial charge in [-0.1, -0.05) is 0 Å². The molecule has 0 aromatic carbocycles. The standard InChI is InChI=1S/C21H25ClF4N4O2/c22-13(9-30-10-14(23)3-4-18(30)31)8-19(32)29-6-5-15-16(11-29)27-17(7-12-1-2-12)28-20(15)21(24,25)26/h12-14H,1-11H2/t13-,14?/m0/s1. The fourth-order valence-corrected chi connectivity index (χ4v) is 4.57. The van der Waals surface area contributed by atoms with E-state index in [4.69, 9.17) is 11.6 Å². The van der Waals surface area contributed by atoms with Gasteiger partial charge >= 0.3 is 6.18 Å². The van der Waals surface area contributed by atoms with Crippen LogP contribution in [0.25, 0.3) is 0 Å². The Morgan fingerprint density at radius 3 is 2.62 bits per heavy atom. The third-order valence-corrected chi connectivity index (χ3v) is 6.45. The number of alkyl halides is 5. The van der Waals surface area contributed by atoms with E-state index in [-0.39, 0.29) is 80.8 Å². The SMILES string of the molecule is O=C(C[C@H](Cl)CN1CC(F)CCC1=O)N1CCc2c(nc(CC3CC3)nc2C(F)(F)F)C1. The van der Waals surface area contributed by atoms with Crippen molar-refractivity contribution in [2.75, 3.05) is 19.6 Å². The number of hydrogen-bond donors (Lipinski definition) is 0. The number of fused-ring (bicyclic) bond motifs is 1. The Kier molecular flexibility index (Phi) is 6.61. The predicted molar refractivity (Wildman–Crippen MR) is 108 cm³/mol. The molecule has 1 aromatic heterocycles. The summed E-state index contributed by atoms with van der Waals surface area (Å²) < 4.78 is 54.3. The van der Waals surface area contributed by atoms with E-state index in [0.29, 0.717) is 12.3 Å². The van der Waals surface area contributed by atoms with E-state index in [1.807, 2.05) is 0 Å². The molecule has 3 heterocycles. The Labute approximate surface area is 188 Å². The maximum absolute atomic E-state index is 13.6. The van der Waals surface area contributed by atoms with Gasteiger partial charge in [0, 0.05) is 37.9 Å². The lowest BCUT2D eigenvalue weighted by molar-refractivity contribution is -0.142. The second-order valence-corrected chi connectivity index (χ2v) is 9.48. The quantitative estimate of drug-likeness (QED) is 0.467. The number of carbonyl (C=O) groups excluding carboxylic acids is 2. The Hall–Kier alpha value is -1.97. The van der Waals surface area contributed by atoms with E-state index < -0.39 is 23.4 Å². The number of rotatable bonds is 6. The molecular formula is C21H25ClF4N4O2.